The average molecular weight is 405 g/mol. The van der Waals surface area contributed by atoms with E-state index in [0.717, 1.165) is 20.3 Å². The van der Waals surface area contributed by atoms with Crippen molar-refractivity contribution in [2.75, 3.05) is 12.8 Å². The van der Waals surface area contributed by atoms with Gasteiger partial charge in [-0.1, -0.05) is 27.3 Å². The molecule has 0 aliphatic heterocycles. The lowest BCUT2D eigenvalue weighted by Crippen LogP contribution is -2.17. The molecule has 1 amide bonds. The fourth-order valence-corrected chi connectivity index (χ4v) is 3.27. The molecule has 3 N–H and O–H groups in total. The molecule has 1 heterocycles. The average Bonchev–Trinajstić information content (AvgIpc) is 2.94. The zero-order valence-electron chi connectivity index (χ0n) is 12.6. The minimum absolute atomic E-state index is 0.311. The van der Waals surface area contributed by atoms with Crippen LogP contribution in [0.2, 0.25) is 0 Å². The summed E-state index contributed by atoms with van der Waals surface area (Å²) in [7, 11) is 1.58. The number of hydrazone groups is 1. The SMILES string of the molecule is COc1ccc(Br)cc1/C=N\NC(=O)c1ccc2nc(N)sc2c1. The summed E-state index contributed by atoms with van der Waals surface area (Å²) in [6, 6.07) is 10.7. The predicted octanol–water partition coefficient (Wildman–Crippen LogP) is 3.41. The molecule has 122 valence electrons. The molecule has 6 nitrogen and oxygen atoms in total. The number of hydrogen-bond acceptors (Lipinski definition) is 6. The number of ether oxygens (including phenoxy) is 1. The molecule has 3 aromatic rings. The topological polar surface area (TPSA) is 89.6 Å². The molecule has 3 rings (SSSR count). The highest BCUT2D eigenvalue weighted by Gasteiger charge is 2.08. The Morgan fingerprint density at radius 3 is 3.00 bits per heavy atom. The smallest absolute Gasteiger partial charge is 0.271 e. The number of hydrogen-bond donors (Lipinski definition) is 2. The first-order valence-corrected chi connectivity index (χ1v) is 8.51. The van der Waals surface area contributed by atoms with Crippen molar-refractivity contribution < 1.29 is 9.53 Å². The second-order valence-electron chi connectivity index (χ2n) is 4.82. The molecule has 1 aromatic heterocycles. The van der Waals surface area contributed by atoms with Gasteiger partial charge in [0.1, 0.15) is 5.75 Å². The zero-order chi connectivity index (χ0) is 17.1. The normalized spacial score (nSPS) is 11.1. The van der Waals surface area contributed by atoms with Gasteiger partial charge in [-0.15, -0.1) is 0 Å². The molecule has 0 radical (unpaired) electrons. The van der Waals surface area contributed by atoms with Crippen LogP contribution in [0.4, 0.5) is 5.13 Å². The summed E-state index contributed by atoms with van der Waals surface area (Å²) < 4.78 is 7.00. The maximum atomic E-state index is 12.2. The van der Waals surface area contributed by atoms with Gasteiger partial charge in [0.25, 0.3) is 5.91 Å². The molecule has 0 bridgehead atoms. The molecule has 0 atom stereocenters. The van der Waals surface area contributed by atoms with Gasteiger partial charge in [0.2, 0.25) is 0 Å². The van der Waals surface area contributed by atoms with Crippen molar-refractivity contribution >= 4 is 54.7 Å². The lowest BCUT2D eigenvalue weighted by molar-refractivity contribution is 0.0955. The number of methoxy groups -OCH3 is 1. The largest absolute Gasteiger partial charge is 0.496 e. The van der Waals surface area contributed by atoms with Gasteiger partial charge >= 0.3 is 0 Å². The molecular formula is C16H13BrN4O2S. The Morgan fingerprint density at radius 1 is 1.38 bits per heavy atom. The number of thiazole rings is 1. The molecule has 0 saturated carbocycles. The summed E-state index contributed by atoms with van der Waals surface area (Å²) in [5.74, 6) is 0.354. The second kappa shape index (κ2) is 6.98. The highest BCUT2D eigenvalue weighted by atomic mass is 79.9. The number of carbonyl (C=O) groups is 1. The van der Waals surface area contributed by atoms with Crippen molar-refractivity contribution in [3.8, 4) is 5.75 Å². The number of nitrogens with one attached hydrogen (secondary N) is 1. The van der Waals surface area contributed by atoms with Crippen LogP contribution in [0.25, 0.3) is 10.2 Å². The zero-order valence-corrected chi connectivity index (χ0v) is 15.0. The van der Waals surface area contributed by atoms with Crippen molar-refractivity contribution in [2.45, 2.75) is 0 Å². The number of nitrogen functional groups attached to an aromatic ring is 1. The van der Waals surface area contributed by atoms with Crippen molar-refractivity contribution in [1.82, 2.24) is 10.4 Å². The summed E-state index contributed by atoms with van der Waals surface area (Å²) in [6.45, 7) is 0. The molecule has 0 aliphatic carbocycles. The van der Waals surface area contributed by atoms with Crippen LogP contribution in [0.1, 0.15) is 15.9 Å². The maximum absolute atomic E-state index is 12.2. The lowest BCUT2D eigenvalue weighted by atomic mass is 10.2. The number of nitrogens with zero attached hydrogens (tertiary/aromatic N) is 2. The quantitative estimate of drug-likeness (QED) is 0.514. The summed E-state index contributed by atoms with van der Waals surface area (Å²) >= 11 is 4.73. The molecule has 0 aliphatic rings. The van der Waals surface area contributed by atoms with E-state index < -0.39 is 0 Å². The minimum atomic E-state index is -0.311. The Kier molecular flexibility index (Phi) is 4.77. The monoisotopic (exact) mass is 404 g/mol. The van der Waals surface area contributed by atoms with E-state index in [1.54, 1.807) is 25.3 Å². The highest BCUT2D eigenvalue weighted by Crippen LogP contribution is 2.24. The van der Waals surface area contributed by atoms with E-state index in [0.29, 0.717) is 16.4 Å². The minimum Gasteiger partial charge on any atom is -0.496 e. The molecule has 24 heavy (non-hydrogen) atoms. The van der Waals surface area contributed by atoms with E-state index in [1.807, 2.05) is 18.2 Å². The third kappa shape index (κ3) is 3.55. The third-order valence-electron chi connectivity index (χ3n) is 3.23. The Hall–Kier alpha value is -2.45. The number of carbonyl (C=O) groups excluding carboxylic acids is 1. The van der Waals surface area contributed by atoms with Crippen LogP contribution in [0.3, 0.4) is 0 Å². The number of anilines is 1. The molecule has 0 saturated heterocycles. The summed E-state index contributed by atoms with van der Waals surface area (Å²) in [6.07, 6.45) is 1.53. The van der Waals surface area contributed by atoms with Gasteiger partial charge in [-0.2, -0.15) is 5.10 Å². The number of rotatable bonds is 4. The van der Waals surface area contributed by atoms with Gasteiger partial charge in [0.15, 0.2) is 5.13 Å². The van der Waals surface area contributed by atoms with E-state index in [4.69, 9.17) is 10.5 Å². The van der Waals surface area contributed by atoms with E-state index in [-0.39, 0.29) is 5.91 Å². The molecule has 2 aromatic carbocycles. The van der Waals surface area contributed by atoms with Gasteiger partial charge in [-0.25, -0.2) is 10.4 Å². The van der Waals surface area contributed by atoms with Crippen molar-refractivity contribution in [1.29, 1.82) is 0 Å². The molecule has 0 unspecified atom stereocenters. The fraction of sp³-hybridized carbons (Fsp3) is 0.0625. The number of halogens is 1. The Bertz CT molecular complexity index is 939. The molecule has 0 fully saturated rings. The predicted molar refractivity (Wildman–Crippen MR) is 99.8 cm³/mol. The summed E-state index contributed by atoms with van der Waals surface area (Å²) in [5.41, 5.74) is 10.2. The van der Waals surface area contributed by atoms with Crippen LogP contribution >= 0.6 is 27.3 Å². The van der Waals surface area contributed by atoms with Crippen LogP contribution in [0.15, 0.2) is 46.0 Å². The lowest BCUT2D eigenvalue weighted by Gasteiger charge is -2.04. The third-order valence-corrected chi connectivity index (χ3v) is 4.57. The molecule has 8 heteroatoms. The van der Waals surface area contributed by atoms with Crippen LogP contribution in [0, 0.1) is 0 Å². The van der Waals surface area contributed by atoms with Gasteiger partial charge in [0, 0.05) is 15.6 Å². The van der Waals surface area contributed by atoms with Crippen molar-refractivity contribution in [3.05, 3.63) is 52.0 Å². The molecule has 0 spiro atoms. The van der Waals surface area contributed by atoms with Crippen LogP contribution < -0.4 is 15.9 Å². The van der Waals surface area contributed by atoms with Gasteiger partial charge in [-0.05, 0) is 36.4 Å². The maximum Gasteiger partial charge on any atom is 0.271 e. The highest BCUT2D eigenvalue weighted by molar-refractivity contribution is 9.10. The standard InChI is InChI=1S/C16H13BrN4O2S/c1-23-13-5-3-11(17)6-10(13)8-19-21-15(22)9-2-4-12-14(7-9)24-16(18)20-12/h2-8H,1H3,(H2,18,20)(H,21,22)/b19-8-. The van der Waals surface area contributed by atoms with Gasteiger partial charge in [0.05, 0.1) is 23.5 Å². The molecular weight excluding hydrogens is 392 g/mol. The van der Waals surface area contributed by atoms with Crippen LogP contribution in [0.5, 0.6) is 5.75 Å². The van der Waals surface area contributed by atoms with E-state index in [1.165, 1.54) is 17.6 Å². The number of benzene rings is 2. The first kappa shape index (κ1) is 16.4. The van der Waals surface area contributed by atoms with Crippen molar-refractivity contribution in [3.63, 3.8) is 0 Å². The number of aromatic nitrogens is 1. The number of amides is 1. The van der Waals surface area contributed by atoms with E-state index in [9.17, 15) is 4.79 Å². The van der Waals surface area contributed by atoms with Crippen LogP contribution in [-0.2, 0) is 0 Å². The Morgan fingerprint density at radius 2 is 2.21 bits per heavy atom. The Labute approximate surface area is 150 Å². The van der Waals surface area contributed by atoms with Crippen molar-refractivity contribution in [2.24, 2.45) is 5.10 Å². The van der Waals surface area contributed by atoms with Gasteiger partial charge < -0.3 is 10.5 Å². The number of fused-ring (bicyclic) bond motifs is 1. The van der Waals surface area contributed by atoms with E-state index in [2.05, 4.69) is 31.4 Å². The summed E-state index contributed by atoms with van der Waals surface area (Å²) in [5, 5.41) is 4.46. The van der Waals surface area contributed by atoms with Gasteiger partial charge in [-0.3, -0.25) is 4.79 Å². The first-order chi connectivity index (χ1) is 11.6. The van der Waals surface area contributed by atoms with E-state index >= 15 is 0 Å². The Balaban J connectivity index is 1.75. The fourth-order valence-electron chi connectivity index (χ4n) is 2.11. The second-order valence-corrected chi connectivity index (χ2v) is 6.80. The van der Waals surface area contributed by atoms with Crippen LogP contribution in [-0.4, -0.2) is 24.2 Å². The number of nitrogens with two attached hydrogens (primary N) is 1. The first-order valence-electron chi connectivity index (χ1n) is 6.90. The summed E-state index contributed by atoms with van der Waals surface area (Å²) in [4.78, 5) is 16.4.